The molecule has 0 saturated heterocycles. The smallest absolute Gasteiger partial charge is 0.293 e. The summed E-state index contributed by atoms with van der Waals surface area (Å²) in [6.07, 6.45) is 1.41. The number of nitrogens with zero attached hydrogens (tertiary/aromatic N) is 1. The van der Waals surface area contributed by atoms with Gasteiger partial charge in [0.1, 0.15) is 5.52 Å². The van der Waals surface area contributed by atoms with Crippen molar-refractivity contribution in [1.82, 2.24) is 10.3 Å². The Morgan fingerprint density at radius 2 is 1.96 bits per heavy atom. The van der Waals surface area contributed by atoms with Crippen LogP contribution in [0.3, 0.4) is 0 Å². The van der Waals surface area contributed by atoms with E-state index in [1.54, 1.807) is 42.5 Å². The van der Waals surface area contributed by atoms with E-state index in [0.717, 1.165) is 0 Å². The summed E-state index contributed by atoms with van der Waals surface area (Å²) in [5.41, 5.74) is 2.37. The third-order valence-corrected chi connectivity index (χ3v) is 4.45. The van der Waals surface area contributed by atoms with Gasteiger partial charge in [-0.2, -0.15) is 0 Å². The number of aromatic nitrogens is 1. The highest BCUT2D eigenvalue weighted by atomic mass is 35.5. The average Bonchev–Trinajstić information content (AvgIpc) is 3.31. The van der Waals surface area contributed by atoms with Crippen molar-refractivity contribution in [2.24, 2.45) is 0 Å². The van der Waals surface area contributed by atoms with Gasteiger partial charge >= 0.3 is 0 Å². The first-order valence-electron chi connectivity index (χ1n) is 8.01. The zero-order valence-electron chi connectivity index (χ0n) is 14.0. The molecule has 0 aliphatic heterocycles. The van der Waals surface area contributed by atoms with Crippen molar-refractivity contribution in [1.29, 1.82) is 0 Å². The topological polar surface area (TPSA) is 80.3 Å². The van der Waals surface area contributed by atoms with Crippen LogP contribution in [0.5, 0.6) is 0 Å². The van der Waals surface area contributed by atoms with Crippen molar-refractivity contribution >= 4 is 63.2 Å². The standard InChI is InChI=1S/C19H11Cl2N3O3S/c20-11-8-13(21)16-14(9-11)23-18(27-16)10-3-1-4-12(7-10)22-19(28)24-17(25)15-5-2-6-26-15/h1-9H,(H2,22,24,25,28). The zero-order chi connectivity index (χ0) is 19.7. The van der Waals surface area contributed by atoms with E-state index < -0.39 is 5.91 Å². The van der Waals surface area contributed by atoms with Gasteiger partial charge in [0.25, 0.3) is 5.91 Å². The summed E-state index contributed by atoms with van der Waals surface area (Å²) in [6.45, 7) is 0. The molecule has 0 unspecified atom stereocenters. The van der Waals surface area contributed by atoms with Gasteiger partial charge in [-0.3, -0.25) is 10.1 Å². The van der Waals surface area contributed by atoms with E-state index in [0.29, 0.717) is 38.3 Å². The molecule has 2 N–H and O–H groups in total. The minimum Gasteiger partial charge on any atom is -0.459 e. The molecule has 2 aromatic heterocycles. The van der Waals surface area contributed by atoms with E-state index in [1.165, 1.54) is 6.26 Å². The van der Waals surface area contributed by atoms with Crippen molar-refractivity contribution in [2.75, 3.05) is 5.32 Å². The van der Waals surface area contributed by atoms with Gasteiger partial charge in [0.15, 0.2) is 16.5 Å². The van der Waals surface area contributed by atoms with Crippen LogP contribution in [-0.4, -0.2) is 16.0 Å². The minimum absolute atomic E-state index is 0.131. The highest BCUT2D eigenvalue weighted by Gasteiger charge is 2.14. The molecular weight excluding hydrogens is 421 g/mol. The second-order valence-corrected chi connectivity index (χ2v) is 6.97. The number of benzene rings is 2. The SMILES string of the molecule is O=C(NC(=S)Nc1cccc(-c2nc3cc(Cl)cc(Cl)c3o2)c1)c1ccco1. The summed E-state index contributed by atoms with van der Waals surface area (Å²) in [5, 5.41) is 6.48. The van der Waals surface area contributed by atoms with Crippen LogP contribution in [0.25, 0.3) is 22.6 Å². The summed E-state index contributed by atoms with van der Waals surface area (Å²) in [6, 6.07) is 13.6. The quantitative estimate of drug-likeness (QED) is 0.415. The number of halogens is 2. The van der Waals surface area contributed by atoms with E-state index in [2.05, 4.69) is 15.6 Å². The van der Waals surface area contributed by atoms with Crippen LogP contribution in [0.1, 0.15) is 10.6 Å². The van der Waals surface area contributed by atoms with Gasteiger partial charge in [0, 0.05) is 16.3 Å². The highest BCUT2D eigenvalue weighted by molar-refractivity contribution is 7.80. The minimum atomic E-state index is -0.441. The molecule has 4 rings (SSSR count). The van der Waals surface area contributed by atoms with E-state index in [1.807, 2.05) is 6.07 Å². The van der Waals surface area contributed by atoms with E-state index >= 15 is 0 Å². The molecule has 9 heteroatoms. The van der Waals surface area contributed by atoms with Crippen molar-refractivity contribution in [2.45, 2.75) is 0 Å². The Hall–Kier alpha value is -2.87. The zero-order valence-corrected chi connectivity index (χ0v) is 16.4. The number of anilines is 1. The van der Waals surface area contributed by atoms with Crippen molar-refractivity contribution < 1.29 is 13.6 Å². The summed E-state index contributed by atoms with van der Waals surface area (Å²) >= 11 is 17.3. The second kappa shape index (κ2) is 7.63. The molecule has 0 saturated carbocycles. The molecule has 0 bridgehead atoms. The molecule has 0 aliphatic carbocycles. The number of thiocarbonyl (C=S) groups is 1. The molecule has 6 nitrogen and oxygen atoms in total. The maximum absolute atomic E-state index is 12.0. The Balaban J connectivity index is 1.54. The fourth-order valence-corrected chi connectivity index (χ4v) is 3.28. The van der Waals surface area contributed by atoms with Crippen molar-refractivity contribution in [3.05, 3.63) is 70.6 Å². The van der Waals surface area contributed by atoms with Crippen LogP contribution in [-0.2, 0) is 0 Å². The van der Waals surface area contributed by atoms with Crippen LogP contribution in [0.4, 0.5) is 5.69 Å². The number of rotatable bonds is 3. The van der Waals surface area contributed by atoms with Gasteiger partial charge in [0.05, 0.1) is 11.3 Å². The van der Waals surface area contributed by atoms with Crippen LogP contribution >= 0.6 is 35.4 Å². The van der Waals surface area contributed by atoms with Crippen LogP contribution in [0.15, 0.2) is 63.6 Å². The highest BCUT2D eigenvalue weighted by Crippen LogP contribution is 2.32. The fraction of sp³-hybridized carbons (Fsp3) is 0. The third kappa shape index (κ3) is 3.87. The molecule has 0 radical (unpaired) electrons. The van der Waals surface area contributed by atoms with Gasteiger partial charge < -0.3 is 14.2 Å². The first kappa shape index (κ1) is 18.5. The van der Waals surface area contributed by atoms with Crippen LogP contribution in [0, 0.1) is 0 Å². The van der Waals surface area contributed by atoms with Gasteiger partial charge in [-0.15, -0.1) is 0 Å². The molecule has 2 aromatic carbocycles. The monoisotopic (exact) mass is 431 g/mol. The lowest BCUT2D eigenvalue weighted by atomic mass is 10.2. The van der Waals surface area contributed by atoms with Crippen molar-refractivity contribution in [3.63, 3.8) is 0 Å². The molecule has 0 atom stereocenters. The summed E-state index contributed by atoms with van der Waals surface area (Å²) in [5.74, 6) is 0.109. The Labute approximate surface area is 174 Å². The van der Waals surface area contributed by atoms with Crippen molar-refractivity contribution in [3.8, 4) is 11.5 Å². The number of nitrogens with one attached hydrogen (secondary N) is 2. The Bertz CT molecular complexity index is 1190. The Morgan fingerprint density at radius 3 is 2.75 bits per heavy atom. The number of amides is 1. The van der Waals surface area contributed by atoms with E-state index in [-0.39, 0.29) is 10.9 Å². The van der Waals surface area contributed by atoms with E-state index in [4.69, 9.17) is 44.3 Å². The van der Waals surface area contributed by atoms with Crippen LogP contribution < -0.4 is 10.6 Å². The molecular formula is C19H11Cl2N3O3S. The number of hydrogen-bond acceptors (Lipinski definition) is 5. The Kier molecular flexibility index (Phi) is 5.04. The summed E-state index contributed by atoms with van der Waals surface area (Å²) < 4.78 is 10.8. The summed E-state index contributed by atoms with van der Waals surface area (Å²) in [4.78, 5) is 16.4. The molecule has 4 aromatic rings. The maximum Gasteiger partial charge on any atom is 0.293 e. The first-order valence-corrected chi connectivity index (χ1v) is 9.18. The lowest BCUT2D eigenvalue weighted by Crippen LogP contribution is -2.33. The number of hydrogen-bond donors (Lipinski definition) is 2. The molecule has 0 spiro atoms. The fourth-order valence-electron chi connectivity index (χ4n) is 2.55. The number of fused-ring (bicyclic) bond motifs is 1. The lowest BCUT2D eigenvalue weighted by molar-refractivity contribution is 0.0950. The molecule has 2 heterocycles. The average molecular weight is 432 g/mol. The normalized spacial score (nSPS) is 10.8. The largest absolute Gasteiger partial charge is 0.459 e. The molecule has 140 valence electrons. The second-order valence-electron chi connectivity index (χ2n) is 5.72. The number of furan rings is 1. The Morgan fingerprint density at radius 1 is 1.11 bits per heavy atom. The molecule has 28 heavy (non-hydrogen) atoms. The maximum atomic E-state index is 12.0. The number of oxazole rings is 1. The van der Waals surface area contributed by atoms with Gasteiger partial charge in [-0.1, -0.05) is 29.3 Å². The number of carbonyl (C=O) groups is 1. The predicted molar refractivity (Wildman–Crippen MR) is 112 cm³/mol. The predicted octanol–water partition coefficient (Wildman–Crippen LogP) is 5.52. The number of carbonyl (C=O) groups excluding carboxylic acids is 1. The van der Waals surface area contributed by atoms with Crippen LogP contribution in [0.2, 0.25) is 10.0 Å². The molecule has 0 aliphatic rings. The van der Waals surface area contributed by atoms with Gasteiger partial charge in [-0.25, -0.2) is 4.98 Å². The van der Waals surface area contributed by atoms with E-state index in [9.17, 15) is 4.79 Å². The molecule has 1 amide bonds. The lowest BCUT2D eigenvalue weighted by Gasteiger charge is -2.09. The third-order valence-electron chi connectivity index (χ3n) is 3.75. The summed E-state index contributed by atoms with van der Waals surface area (Å²) in [7, 11) is 0. The molecule has 0 fully saturated rings. The first-order chi connectivity index (χ1) is 13.5. The van der Waals surface area contributed by atoms with Gasteiger partial charge in [-0.05, 0) is 54.7 Å². The van der Waals surface area contributed by atoms with Gasteiger partial charge in [0.2, 0.25) is 5.89 Å².